The van der Waals surface area contributed by atoms with Gasteiger partial charge in [0.25, 0.3) is 0 Å². The van der Waals surface area contributed by atoms with Gasteiger partial charge in [0.05, 0.1) is 17.4 Å². The van der Waals surface area contributed by atoms with Crippen LogP contribution >= 0.6 is 0 Å². The summed E-state index contributed by atoms with van der Waals surface area (Å²) in [5.74, 6) is -0.415. The molecule has 0 unspecified atom stereocenters. The van der Waals surface area contributed by atoms with Crippen molar-refractivity contribution < 1.29 is 26.3 Å². The number of alkyl halides is 6. The number of hydrogen-bond acceptors (Lipinski definition) is 3. The van der Waals surface area contributed by atoms with E-state index in [1.807, 2.05) is 0 Å². The van der Waals surface area contributed by atoms with Gasteiger partial charge >= 0.3 is 12.4 Å². The molecule has 0 radical (unpaired) electrons. The van der Waals surface area contributed by atoms with Crippen LogP contribution < -0.4 is 5.73 Å². The average Bonchev–Trinajstić information content (AvgIpc) is 2.70. The number of pyridine rings is 1. The van der Waals surface area contributed by atoms with Crippen LogP contribution in [0, 0.1) is 0 Å². The third-order valence-corrected chi connectivity index (χ3v) is 2.36. The van der Waals surface area contributed by atoms with Gasteiger partial charge in [-0.2, -0.15) is 31.4 Å². The molecule has 4 nitrogen and oxygen atoms in total. The van der Waals surface area contributed by atoms with E-state index in [1.54, 1.807) is 0 Å². The summed E-state index contributed by atoms with van der Waals surface area (Å²) in [6.45, 7) is 0. The predicted molar refractivity (Wildman–Crippen MR) is 55.8 cm³/mol. The highest BCUT2D eigenvalue weighted by molar-refractivity contribution is 5.46. The third kappa shape index (κ3) is 2.53. The molecule has 2 rings (SSSR count). The lowest BCUT2D eigenvalue weighted by Crippen LogP contribution is -2.16. The minimum atomic E-state index is -4.80. The monoisotopic (exact) mass is 296 g/mol. The molecule has 0 atom stereocenters. The Morgan fingerprint density at radius 3 is 2.05 bits per heavy atom. The third-order valence-electron chi connectivity index (χ3n) is 2.36. The normalized spacial score (nSPS) is 12.7. The second-order valence-electron chi connectivity index (χ2n) is 3.76. The van der Waals surface area contributed by atoms with E-state index < -0.39 is 35.1 Å². The fourth-order valence-corrected chi connectivity index (χ4v) is 1.50. The van der Waals surface area contributed by atoms with Gasteiger partial charge in [0.15, 0.2) is 11.5 Å². The molecule has 0 aliphatic heterocycles. The number of halogens is 6. The molecule has 2 heterocycles. The summed E-state index contributed by atoms with van der Waals surface area (Å²) in [7, 11) is 0. The van der Waals surface area contributed by atoms with Crippen molar-refractivity contribution in [3.05, 3.63) is 35.8 Å². The summed E-state index contributed by atoms with van der Waals surface area (Å²) >= 11 is 0. The molecular weight excluding hydrogens is 290 g/mol. The molecule has 0 bridgehead atoms. The quantitative estimate of drug-likeness (QED) is 0.823. The molecule has 2 N–H and O–H groups in total. The molecule has 2 aromatic heterocycles. The highest BCUT2D eigenvalue weighted by atomic mass is 19.4. The smallest absolute Gasteiger partial charge is 0.396 e. The number of hydrogen-bond donors (Lipinski definition) is 1. The number of nitrogens with zero attached hydrogens (tertiary/aromatic N) is 3. The molecule has 20 heavy (non-hydrogen) atoms. The Balaban J connectivity index is 2.48. The zero-order valence-corrected chi connectivity index (χ0v) is 9.50. The summed E-state index contributed by atoms with van der Waals surface area (Å²) in [6, 6.07) is 1.39. The van der Waals surface area contributed by atoms with Gasteiger partial charge in [-0.1, -0.05) is 0 Å². The van der Waals surface area contributed by atoms with Crippen molar-refractivity contribution in [3.8, 4) is 5.82 Å². The van der Waals surface area contributed by atoms with Gasteiger partial charge in [0.1, 0.15) is 0 Å². The second-order valence-corrected chi connectivity index (χ2v) is 3.76. The fourth-order valence-electron chi connectivity index (χ4n) is 1.50. The molecule has 108 valence electrons. The lowest BCUT2D eigenvalue weighted by atomic mass is 10.3. The van der Waals surface area contributed by atoms with Crippen LogP contribution in [0.1, 0.15) is 11.3 Å². The molecule has 0 fully saturated rings. The maximum absolute atomic E-state index is 12.7. The second kappa shape index (κ2) is 4.39. The molecule has 0 aliphatic rings. The molecule has 0 spiro atoms. The van der Waals surface area contributed by atoms with Crippen LogP contribution in [0.15, 0.2) is 24.5 Å². The van der Waals surface area contributed by atoms with Gasteiger partial charge in [0.2, 0.25) is 0 Å². The van der Waals surface area contributed by atoms with Crippen LogP contribution in [0.5, 0.6) is 0 Å². The maximum atomic E-state index is 12.7. The summed E-state index contributed by atoms with van der Waals surface area (Å²) in [6.07, 6.45) is -8.25. The SMILES string of the molecule is Nc1cnn(-c2ccc(C(F)(F)F)cn2)c1C(F)(F)F. The first-order chi connectivity index (χ1) is 9.10. The lowest BCUT2D eigenvalue weighted by Gasteiger charge is -2.11. The van der Waals surface area contributed by atoms with Crippen LogP contribution in [0.2, 0.25) is 0 Å². The first-order valence-corrected chi connectivity index (χ1v) is 5.05. The van der Waals surface area contributed by atoms with E-state index in [0.29, 0.717) is 16.9 Å². The first-order valence-electron chi connectivity index (χ1n) is 5.05. The van der Waals surface area contributed by atoms with E-state index in [-0.39, 0.29) is 0 Å². The molecular formula is C10H6F6N4. The number of anilines is 1. The van der Waals surface area contributed by atoms with E-state index in [4.69, 9.17) is 5.73 Å². The number of nitrogen functional groups attached to an aromatic ring is 1. The topological polar surface area (TPSA) is 56.7 Å². The van der Waals surface area contributed by atoms with E-state index in [1.165, 1.54) is 0 Å². The lowest BCUT2D eigenvalue weighted by molar-refractivity contribution is -0.142. The number of aromatic nitrogens is 3. The molecule has 0 saturated carbocycles. The Bertz CT molecular complexity index is 610. The summed E-state index contributed by atoms with van der Waals surface area (Å²) in [5.41, 5.74) is 2.15. The Kier molecular flexibility index (Phi) is 3.11. The molecule has 2 aromatic rings. The summed E-state index contributed by atoms with van der Waals surface area (Å²) in [4.78, 5) is 3.33. The first kappa shape index (κ1) is 14.2. The van der Waals surface area contributed by atoms with E-state index >= 15 is 0 Å². The molecule has 0 aromatic carbocycles. The van der Waals surface area contributed by atoms with Crippen molar-refractivity contribution in [2.75, 3.05) is 5.73 Å². The van der Waals surface area contributed by atoms with Crippen molar-refractivity contribution in [1.29, 1.82) is 0 Å². The molecule has 0 aliphatic carbocycles. The summed E-state index contributed by atoms with van der Waals surface area (Å²) in [5, 5.41) is 3.37. The largest absolute Gasteiger partial charge is 0.435 e. The molecule has 10 heteroatoms. The molecule has 0 amide bonds. The minimum Gasteiger partial charge on any atom is -0.396 e. The van der Waals surface area contributed by atoms with Crippen LogP contribution in [-0.2, 0) is 12.4 Å². The van der Waals surface area contributed by atoms with Crippen LogP contribution in [-0.4, -0.2) is 14.8 Å². The zero-order valence-electron chi connectivity index (χ0n) is 9.50. The van der Waals surface area contributed by atoms with E-state index in [0.717, 1.165) is 12.3 Å². The Morgan fingerprint density at radius 1 is 0.950 bits per heavy atom. The van der Waals surface area contributed by atoms with Crippen molar-refractivity contribution in [2.24, 2.45) is 0 Å². The van der Waals surface area contributed by atoms with Gasteiger partial charge in [0, 0.05) is 6.20 Å². The Labute approximate surface area is 107 Å². The fraction of sp³-hybridized carbons (Fsp3) is 0.200. The minimum absolute atomic E-state index is 0.343. The van der Waals surface area contributed by atoms with Crippen molar-refractivity contribution >= 4 is 5.69 Å². The Hall–Kier alpha value is -2.26. The van der Waals surface area contributed by atoms with E-state index in [2.05, 4.69) is 10.1 Å². The van der Waals surface area contributed by atoms with Crippen LogP contribution in [0.3, 0.4) is 0 Å². The van der Waals surface area contributed by atoms with Crippen molar-refractivity contribution in [3.63, 3.8) is 0 Å². The highest BCUT2D eigenvalue weighted by Crippen LogP contribution is 2.35. The highest BCUT2D eigenvalue weighted by Gasteiger charge is 2.38. The van der Waals surface area contributed by atoms with Crippen LogP contribution in [0.4, 0.5) is 32.0 Å². The number of rotatable bonds is 1. The zero-order chi connectivity index (χ0) is 15.1. The standard InChI is InChI=1S/C10H6F6N4/c11-9(12,13)5-1-2-7(18-3-5)20-8(10(14,15)16)6(17)4-19-20/h1-4H,17H2. The molecule has 0 saturated heterocycles. The maximum Gasteiger partial charge on any atom is 0.435 e. The Morgan fingerprint density at radius 2 is 1.60 bits per heavy atom. The van der Waals surface area contributed by atoms with E-state index in [9.17, 15) is 26.3 Å². The predicted octanol–water partition coefficient (Wildman–Crippen LogP) is 2.89. The van der Waals surface area contributed by atoms with Gasteiger partial charge < -0.3 is 5.73 Å². The van der Waals surface area contributed by atoms with Gasteiger partial charge in [-0.25, -0.2) is 9.67 Å². The average molecular weight is 296 g/mol. The van der Waals surface area contributed by atoms with Crippen LogP contribution in [0.25, 0.3) is 5.82 Å². The summed E-state index contributed by atoms with van der Waals surface area (Å²) < 4.78 is 75.6. The van der Waals surface area contributed by atoms with Gasteiger partial charge in [-0.05, 0) is 12.1 Å². The van der Waals surface area contributed by atoms with Crippen molar-refractivity contribution in [1.82, 2.24) is 14.8 Å². The van der Waals surface area contributed by atoms with Gasteiger partial charge in [-0.3, -0.25) is 0 Å². The number of nitrogens with two attached hydrogens (primary N) is 1. The van der Waals surface area contributed by atoms with Crippen molar-refractivity contribution in [2.45, 2.75) is 12.4 Å². The van der Waals surface area contributed by atoms with Gasteiger partial charge in [-0.15, -0.1) is 0 Å².